The molecule has 112 valence electrons. The highest BCUT2D eigenvalue weighted by molar-refractivity contribution is 6.06. The fraction of sp³-hybridized carbons (Fsp3) is 0.333. The van der Waals surface area contributed by atoms with Crippen molar-refractivity contribution in [2.45, 2.75) is 18.9 Å². The van der Waals surface area contributed by atoms with E-state index in [9.17, 15) is 28.5 Å². The number of hydrogen-bond acceptors (Lipinski definition) is 5. The number of anilines is 1. The molecule has 0 bridgehead atoms. The lowest BCUT2D eigenvalue weighted by Gasteiger charge is -2.15. The summed E-state index contributed by atoms with van der Waals surface area (Å²) >= 11 is 0. The Labute approximate surface area is 117 Å². The number of hydrogen-bond donors (Lipinski definition) is 1. The van der Waals surface area contributed by atoms with Crippen molar-refractivity contribution in [1.82, 2.24) is 4.90 Å². The minimum absolute atomic E-state index is 0.1000. The van der Waals surface area contributed by atoms with Crippen molar-refractivity contribution >= 4 is 23.2 Å². The number of rotatable bonds is 4. The lowest BCUT2D eigenvalue weighted by molar-refractivity contribution is -0.385. The zero-order chi connectivity index (χ0) is 15.7. The lowest BCUT2D eigenvalue weighted by Crippen LogP contribution is -2.32. The standard InChI is InChI=1S/C12H11F2N3O4/c1-16-10(18)5-9(12(16)19)15-8-3-2-6(17(20)21)4-7(8)11(13)14/h2-4,9,11,15H,5H2,1H3. The molecule has 0 aromatic heterocycles. The van der Waals surface area contributed by atoms with Crippen LogP contribution in [0, 0.1) is 10.1 Å². The van der Waals surface area contributed by atoms with Gasteiger partial charge in [0.05, 0.1) is 11.3 Å². The Bertz CT molecular complexity index is 621. The molecule has 1 fully saturated rings. The Hall–Kier alpha value is -2.58. The van der Waals surface area contributed by atoms with Crippen LogP contribution in [0.15, 0.2) is 18.2 Å². The number of nitro benzene ring substituents is 1. The maximum Gasteiger partial charge on any atom is 0.270 e. The number of carbonyl (C=O) groups excluding carboxylic acids is 2. The summed E-state index contributed by atoms with van der Waals surface area (Å²) in [6.45, 7) is 0. The molecule has 9 heteroatoms. The van der Waals surface area contributed by atoms with E-state index in [-0.39, 0.29) is 12.1 Å². The summed E-state index contributed by atoms with van der Waals surface area (Å²) in [5.74, 6) is -0.948. The van der Waals surface area contributed by atoms with Crippen LogP contribution in [-0.4, -0.2) is 34.7 Å². The van der Waals surface area contributed by atoms with Crippen LogP contribution in [0.1, 0.15) is 18.4 Å². The van der Waals surface area contributed by atoms with Crippen molar-refractivity contribution in [1.29, 1.82) is 0 Å². The van der Waals surface area contributed by atoms with Crippen molar-refractivity contribution in [3.63, 3.8) is 0 Å². The van der Waals surface area contributed by atoms with E-state index in [2.05, 4.69) is 5.32 Å². The minimum atomic E-state index is -2.95. The second kappa shape index (κ2) is 5.43. The van der Waals surface area contributed by atoms with Gasteiger partial charge < -0.3 is 5.32 Å². The molecule has 2 amide bonds. The molecule has 21 heavy (non-hydrogen) atoms. The number of nitro groups is 1. The molecule has 7 nitrogen and oxygen atoms in total. The topological polar surface area (TPSA) is 92.6 Å². The molecule has 1 N–H and O–H groups in total. The van der Waals surface area contributed by atoms with Crippen molar-refractivity contribution in [2.24, 2.45) is 0 Å². The molecule has 0 saturated carbocycles. The first kappa shape index (κ1) is 14.8. The summed E-state index contributed by atoms with van der Waals surface area (Å²) in [5.41, 5.74) is -1.15. The van der Waals surface area contributed by atoms with Crippen molar-refractivity contribution in [3.05, 3.63) is 33.9 Å². The van der Waals surface area contributed by atoms with Gasteiger partial charge in [-0.05, 0) is 6.07 Å². The number of likely N-dealkylation sites (N-methyl/N-ethyl adjacent to an activating group) is 1. The average Bonchev–Trinajstić information content (AvgIpc) is 2.66. The fourth-order valence-electron chi connectivity index (χ4n) is 2.03. The summed E-state index contributed by atoms with van der Waals surface area (Å²) in [7, 11) is 1.30. The number of amides is 2. The van der Waals surface area contributed by atoms with Gasteiger partial charge in [-0.1, -0.05) is 0 Å². The fourth-order valence-corrected chi connectivity index (χ4v) is 2.03. The van der Waals surface area contributed by atoms with Crippen LogP contribution in [0.5, 0.6) is 0 Å². The second-order valence-electron chi connectivity index (χ2n) is 4.52. The molecule has 2 rings (SSSR count). The summed E-state index contributed by atoms with van der Waals surface area (Å²) < 4.78 is 25.9. The largest absolute Gasteiger partial charge is 0.373 e. The van der Waals surface area contributed by atoms with Crippen LogP contribution in [-0.2, 0) is 9.59 Å². The Balaban J connectivity index is 2.30. The summed E-state index contributed by atoms with van der Waals surface area (Å²) in [6.07, 6.45) is -3.09. The van der Waals surface area contributed by atoms with Gasteiger partial charge in [0, 0.05) is 30.4 Å². The van der Waals surface area contributed by atoms with E-state index in [1.807, 2.05) is 0 Å². The highest BCUT2D eigenvalue weighted by Gasteiger charge is 2.36. The van der Waals surface area contributed by atoms with Gasteiger partial charge in [0.15, 0.2) is 0 Å². The average molecular weight is 299 g/mol. The maximum atomic E-state index is 13.0. The normalized spacial score (nSPS) is 18.5. The number of nitrogens with zero attached hydrogens (tertiary/aromatic N) is 2. The van der Waals surface area contributed by atoms with Gasteiger partial charge in [-0.2, -0.15) is 0 Å². The molecule has 1 aliphatic heterocycles. The molecule has 1 heterocycles. The van der Waals surface area contributed by atoms with Crippen molar-refractivity contribution in [2.75, 3.05) is 12.4 Å². The monoisotopic (exact) mass is 299 g/mol. The van der Waals surface area contributed by atoms with E-state index in [0.29, 0.717) is 0 Å². The number of nitrogens with one attached hydrogen (secondary N) is 1. The van der Waals surface area contributed by atoms with Gasteiger partial charge >= 0.3 is 0 Å². The lowest BCUT2D eigenvalue weighted by atomic mass is 10.1. The predicted octanol–water partition coefficient (Wildman–Crippen LogP) is 1.70. The third kappa shape index (κ3) is 2.81. The molecule has 1 aromatic rings. The van der Waals surface area contributed by atoms with E-state index >= 15 is 0 Å². The Morgan fingerprint density at radius 3 is 2.57 bits per heavy atom. The molecule has 0 aliphatic carbocycles. The molecule has 1 unspecified atom stereocenters. The molecular formula is C12H11F2N3O4. The van der Waals surface area contributed by atoms with Crippen LogP contribution in [0.4, 0.5) is 20.2 Å². The molecule has 1 saturated heterocycles. The molecule has 0 radical (unpaired) electrons. The third-order valence-corrected chi connectivity index (χ3v) is 3.19. The van der Waals surface area contributed by atoms with Crippen LogP contribution in [0.2, 0.25) is 0 Å². The van der Waals surface area contributed by atoms with Gasteiger partial charge in [0.1, 0.15) is 6.04 Å². The summed E-state index contributed by atoms with van der Waals surface area (Å²) in [5, 5.41) is 13.2. The molecule has 1 atom stereocenters. The van der Waals surface area contributed by atoms with E-state index < -0.39 is 40.5 Å². The number of imide groups is 1. The Kier molecular flexibility index (Phi) is 3.83. The van der Waals surface area contributed by atoms with E-state index in [4.69, 9.17) is 0 Å². The third-order valence-electron chi connectivity index (χ3n) is 3.19. The van der Waals surface area contributed by atoms with E-state index in [0.717, 1.165) is 23.1 Å². The number of non-ortho nitro benzene ring substituents is 1. The zero-order valence-electron chi connectivity index (χ0n) is 10.9. The number of benzene rings is 1. The van der Waals surface area contributed by atoms with Crippen LogP contribution < -0.4 is 5.32 Å². The smallest absolute Gasteiger partial charge is 0.270 e. The first-order valence-corrected chi connectivity index (χ1v) is 5.94. The molecule has 1 aliphatic rings. The van der Waals surface area contributed by atoms with Gasteiger partial charge in [0.25, 0.3) is 18.0 Å². The highest BCUT2D eigenvalue weighted by Crippen LogP contribution is 2.32. The Morgan fingerprint density at radius 2 is 2.10 bits per heavy atom. The Morgan fingerprint density at radius 1 is 1.43 bits per heavy atom. The first-order valence-electron chi connectivity index (χ1n) is 5.94. The first-order chi connectivity index (χ1) is 9.81. The number of likely N-dealkylation sites (tertiary alicyclic amines) is 1. The molecule has 0 spiro atoms. The highest BCUT2D eigenvalue weighted by atomic mass is 19.3. The van der Waals surface area contributed by atoms with Crippen molar-refractivity contribution in [3.8, 4) is 0 Å². The number of halogens is 2. The van der Waals surface area contributed by atoms with Crippen molar-refractivity contribution < 1.29 is 23.3 Å². The van der Waals surface area contributed by atoms with Crippen LogP contribution >= 0.6 is 0 Å². The second-order valence-corrected chi connectivity index (χ2v) is 4.52. The van der Waals surface area contributed by atoms with E-state index in [1.165, 1.54) is 7.05 Å². The van der Waals surface area contributed by atoms with Gasteiger partial charge in [-0.3, -0.25) is 24.6 Å². The van der Waals surface area contributed by atoms with Gasteiger partial charge in [-0.25, -0.2) is 8.78 Å². The quantitative estimate of drug-likeness (QED) is 0.519. The van der Waals surface area contributed by atoms with Crippen LogP contribution in [0.3, 0.4) is 0 Å². The maximum absolute atomic E-state index is 13.0. The minimum Gasteiger partial charge on any atom is -0.373 e. The van der Waals surface area contributed by atoms with E-state index in [1.54, 1.807) is 0 Å². The SMILES string of the molecule is CN1C(=O)CC(Nc2ccc([N+](=O)[O-])cc2C(F)F)C1=O. The number of carbonyl (C=O) groups is 2. The van der Waals surface area contributed by atoms with Gasteiger partial charge in [-0.15, -0.1) is 0 Å². The van der Waals surface area contributed by atoms with Crippen LogP contribution in [0.25, 0.3) is 0 Å². The summed E-state index contributed by atoms with van der Waals surface area (Å²) in [6, 6.07) is 1.97. The molecule has 1 aromatic carbocycles. The predicted molar refractivity (Wildman–Crippen MR) is 67.9 cm³/mol. The zero-order valence-corrected chi connectivity index (χ0v) is 10.9. The summed E-state index contributed by atoms with van der Waals surface area (Å²) in [4.78, 5) is 33.8. The van der Waals surface area contributed by atoms with Gasteiger partial charge in [0.2, 0.25) is 5.91 Å². The number of alkyl halides is 2. The molecular weight excluding hydrogens is 288 g/mol.